The summed E-state index contributed by atoms with van der Waals surface area (Å²) in [5.74, 6) is 0.160. The molecule has 1 fully saturated rings. The Morgan fingerprint density at radius 2 is 1.88 bits per heavy atom. The minimum atomic E-state index is -0.996. The van der Waals surface area contributed by atoms with E-state index in [0.29, 0.717) is 17.7 Å². The lowest BCUT2D eigenvalue weighted by molar-refractivity contribution is 0.0294. The van der Waals surface area contributed by atoms with Crippen molar-refractivity contribution in [3.8, 4) is 5.75 Å². The molecule has 3 rings (SSSR count). The monoisotopic (exact) mass is 327 g/mol. The van der Waals surface area contributed by atoms with Gasteiger partial charge in [-0.3, -0.25) is 4.79 Å². The third-order valence-corrected chi connectivity index (χ3v) is 4.55. The summed E-state index contributed by atoms with van der Waals surface area (Å²) in [6.45, 7) is 0. The van der Waals surface area contributed by atoms with Crippen LogP contribution in [-0.2, 0) is 0 Å². The zero-order chi connectivity index (χ0) is 17.1. The van der Waals surface area contributed by atoms with Gasteiger partial charge in [-0.2, -0.15) is 0 Å². The van der Waals surface area contributed by atoms with E-state index in [0.717, 1.165) is 5.56 Å². The fraction of sp³-hybridized carbons (Fsp3) is 0.316. The topological polar surface area (TPSA) is 78.8 Å². The Morgan fingerprint density at radius 3 is 2.58 bits per heavy atom. The predicted molar refractivity (Wildman–Crippen MR) is 90.1 cm³/mol. The first-order valence-corrected chi connectivity index (χ1v) is 7.96. The van der Waals surface area contributed by atoms with Crippen LogP contribution in [0.4, 0.5) is 0 Å². The molecule has 3 N–H and O–H groups in total. The van der Waals surface area contributed by atoms with Crippen LogP contribution in [0.5, 0.6) is 5.75 Å². The number of aliphatic hydroxyl groups excluding tert-OH is 2. The molecule has 0 spiro atoms. The smallest absolute Gasteiger partial charge is 0.251 e. The van der Waals surface area contributed by atoms with Gasteiger partial charge in [-0.05, 0) is 30.2 Å². The molecule has 1 aliphatic rings. The summed E-state index contributed by atoms with van der Waals surface area (Å²) in [6, 6.07) is 15.9. The third-order valence-electron chi connectivity index (χ3n) is 4.55. The molecule has 0 aromatic heterocycles. The molecule has 5 heteroatoms. The van der Waals surface area contributed by atoms with E-state index in [4.69, 9.17) is 4.74 Å². The maximum Gasteiger partial charge on any atom is 0.251 e. The Kier molecular flexibility index (Phi) is 4.83. The highest BCUT2D eigenvalue weighted by atomic mass is 16.5. The zero-order valence-corrected chi connectivity index (χ0v) is 13.4. The van der Waals surface area contributed by atoms with E-state index in [1.807, 2.05) is 30.3 Å². The number of carbonyl (C=O) groups excluding carboxylic acids is 1. The Morgan fingerprint density at radius 1 is 1.12 bits per heavy atom. The summed E-state index contributed by atoms with van der Waals surface area (Å²) in [7, 11) is 1.54. The van der Waals surface area contributed by atoms with E-state index in [9.17, 15) is 15.0 Å². The highest BCUT2D eigenvalue weighted by Gasteiger charge is 2.43. The molecule has 5 nitrogen and oxygen atoms in total. The highest BCUT2D eigenvalue weighted by molar-refractivity contribution is 5.94. The number of rotatable bonds is 4. The van der Waals surface area contributed by atoms with E-state index >= 15 is 0 Å². The van der Waals surface area contributed by atoms with Crippen molar-refractivity contribution >= 4 is 5.91 Å². The molecule has 0 aliphatic heterocycles. The second kappa shape index (κ2) is 7.03. The number of hydrogen-bond acceptors (Lipinski definition) is 4. The second-order valence-electron chi connectivity index (χ2n) is 6.04. The normalized spacial score (nSPS) is 26.1. The molecule has 4 unspecified atom stereocenters. The van der Waals surface area contributed by atoms with Crippen molar-refractivity contribution in [3.05, 3.63) is 65.7 Å². The summed E-state index contributed by atoms with van der Waals surface area (Å²) in [6.07, 6.45) is -1.44. The number of methoxy groups -OCH3 is 1. The highest BCUT2D eigenvalue weighted by Crippen LogP contribution is 2.35. The second-order valence-corrected chi connectivity index (χ2v) is 6.04. The molecule has 0 bridgehead atoms. The van der Waals surface area contributed by atoms with Crippen LogP contribution in [0.3, 0.4) is 0 Å². The molecule has 2 aromatic carbocycles. The first kappa shape index (κ1) is 16.5. The van der Waals surface area contributed by atoms with Crippen LogP contribution in [0.25, 0.3) is 0 Å². The number of ether oxygens (including phenoxy) is 1. The summed E-state index contributed by atoms with van der Waals surface area (Å²) < 4.78 is 5.13. The zero-order valence-electron chi connectivity index (χ0n) is 13.4. The number of aliphatic hydroxyl groups is 2. The molecule has 4 atom stereocenters. The lowest BCUT2D eigenvalue weighted by atomic mass is 9.93. The van der Waals surface area contributed by atoms with Crippen LogP contribution in [0.1, 0.15) is 28.3 Å². The number of benzene rings is 2. The molecular weight excluding hydrogens is 306 g/mol. The van der Waals surface area contributed by atoms with Crippen LogP contribution >= 0.6 is 0 Å². The van der Waals surface area contributed by atoms with Gasteiger partial charge in [0.2, 0.25) is 0 Å². The lowest BCUT2D eigenvalue weighted by Crippen LogP contribution is -2.45. The van der Waals surface area contributed by atoms with E-state index < -0.39 is 18.2 Å². The Bertz CT molecular complexity index is 704. The van der Waals surface area contributed by atoms with Crippen molar-refractivity contribution in [3.63, 3.8) is 0 Å². The van der Waals surface area contributed by atoms with Crippen molar-refractivity contribution in [1.82, 2.24) is 5.32 Å². The van der Waals surface area contributed by atoms with Gasteiger partial charge < -0.3 is 20.3 Å². The van der Waals surface area contributed by atoms with Gasteiger partial charge in [-0.15, -0.1) is 0 Å². The van der Waals surface area contributed by atoms with E-state index in [1.54, 1.807) is 31.4 Å². The van der Waals surface area contributed by atoms with Gasteiger partial charge in [0.15, 0.2) is 0 Å². The van der Waals surface area contributed by atoms with E-state index in [2.05, 4.69) is 5.32 Å². The molecule has 1 aliphatic carbocycles. The van der Waals surface area contributed by atoms with Crippen molar-refractivity contribution in [2.45, 2.75) is 30.6 Å². The van der Waals surface area contributed by atoms with Crippen LogP contribution < -0.4 is 10.1 Å². The molecule has 1 saturated carbocycles. The standard InChI is InChI=1S/C19H21NO4/c1-24-14-9-5-8-13(10-14)19(23)20-17-15(11-16(21)18(17)22)12-6-3-2-4-7-12/h2-10,15-18,21-22H,11H2,1H3,(H,20,23). The number of amides is 1. The van der Waals surface area contributed by atoms with Gasteiger partial charge in [0.25, 0.3) is 5.91 Å². The van der Waals surface area contributed by atoms with Crippen molar-refractivity contribution in [2.24, 2.45) is 0 Å². The number of carbonyl (C=O) groups is 1. The van der Waals surface area contributed by atoms with Gasteiger partial charge in [0, 0.05) is 11.5 Å². The predicted octanol–water partition coefficient (Wildman–Crippen LogP) is 1.70. The van der Waals surface area contributed by atoms with Crippen molar-refractivity contribution in [2.75, 3.05) is 7.11 Å². The largest absolute Gasteiger partial charge is 0.497 e. The summed E-state index contributed by atoms with van der Waals surface area (Å²) >= 11 is 0. The van der Waals surface area contributed by atoms with Gasteiger partial charge in [0.1, 0.15) is 11.9 Å². The maximum absolute atomic E-state index is 12.5. The molecule has 2 aromatic rings. The van der Waals surface area contributed by atoms with Crippen LogP contribution in [-0.4, -0.2) is 41.5 Å². The van der Waals surface area contributed by atoms with Crippen LogP contribution in [0.15, 0.2) is 54.6 Å². The molecule has 24 heavy (non-hydrogen) atoms. The minimum Gasteiger partial charge on any atom is -0.497 e. The van der Waals surface area contributed by atoms with Gasteiger partial charge in [0.05, 0.1) is 19.3 Å². The van der Waals surface area contributed by atoms with Crippen molar-refractivity contribution < 1.29 is 19.7 Å². The fourth-order valence-corrected chi connectivity index (χ4v) is 3.25. The first-order chi connectivity index (χ1) is 11.6. The summed E-state index contributed by atoms with van der Waals surface area (Å²) in [4.78, 5) is 12.5. The van der Waals surface area contributed by atoms with Crippen LogP contribution in [0, 0.1) is 0 Å². The molecule has 0 radical (unpaired) electrons. The van der Waals surface area contributed by atoms with E-state index in [1.165, 1.54) is 0 Å². The van der Waals surface area contributed by atoms with Gasteiger partial charge >= 0.3 is 0 Å². The molecular formula is C19H21NO4. The van der Waals surface area contributed by atoms with Crippen LogP contribution in [0.2, 0.25) is 0 Å². The number of hydrogen-bond donors (Lipinski definition) is 3. The third kappa shape index (κ3) is 3.27. The fourth-order valence-electron chi connectivity index (χ4n) is 3.25. The van der Waals surface area contributed by atoms with E-state index in [-0.39, 0.29) is 11.8 Å². The number of nitrogens with one attached hydrogen (secondary N) is 1. The maximum atomic E-state index is 12.5. The molecule has 0 saturated heterocycles. The average Bonchev–Trinajstić information content (AvgIpc) is 2.91. The summed E-state index contributed by atoms with van der Waals surface area (Å²) in [5, 5.41) is 23.2. The van der Waals surface area contributed by atoms with Crippen molar-refractivity contribution in [1.29, 1.82) is 0 Å². The molecule has 126 valence electrons. The summed E-state index contributed by atoms with van der Waals surface area (Å²) in [5.41, 5.74) is 1.44. The SMILES string of the molecule is COc1cccc(C(=O)NC2C(c3ccccc3)CC(O)C2O)c1. The average molecular weight is 327 g/mol. The Balaban J connectivity index is 1.81. The minimum absolute atomic E-state index is 0.134. The van der Waals surface area contributed by atoms with Gasteiger partial charge in [-0.25, -0.2) is 0 Å². The Hall–Kier alpha value is -2.37. The quantitative estimate of drug-likeness (QED) is 0.799. The Labute approximate surface area is 140 Å². The molecule has 0 heterocycles. The molecule has 1 amide bonds. The lowest BCUT2D eigenvalue weighted by Gasteiger charge is -2.24. The van der Waals surface area contributed by atoms with Gasteiger partial charge in [-0.1, -0.05) is 36.4 Å². The first-order valence-electron chi connectivity index (χ1n) is 7.96.